The van der Waals surface area contributed by atoms with Crippen LogP contribution in [0.1, 0.15) is 19.8 Å². The zero-order valence-corrected chi connectivity index (χ0v) is 12.0. The number of benzene rings is 1. The first-order chi connectivity index (χ1) is 9.01. The fraction of sp³-hybridized carbons (Fsp3) is 0.538. The second-order valence-electron chi connectivity index (χ2n) is 4.92. The Bertz CT molecular complexity index is 513. The Morgan fingerprint density at radius 1 is 1.37 bits per heavy atom. The number of anilines is 1. The smallest absolute Gasteiger partial charge is 0.240 e. The SMILES string of the molecule is CCN1CCCC(NS(=O)(=O)c2ccc(N)cc2)C1. The van der Waals surface area contributed by atoms with Crippen molar-refractivity contribution < 1.29 is 8.42 Å². The molecule has 1 unspecified atom stereocenters. The Labute approximate surface area is 114 Å². The highest BCUT2D eigenvalue weighted by Gasteiger charge is 2.24. The van der Waals surface area contributed by atoms with Gasteiger partial charge in [0.15, 0.2) is 0 Å². The average molecular weight is 283 g/mol. The van der Waals surface area contributed by atoms with Gasteiger partial charge in [-0.1, -0.05) is 6.92 Å². The van der Waals surface area contributed by atoms with Crippen molar-refractivity contribution in [3.63, 3.8) is 0 Å². The summed E-state index contributed by atoms with van der Waals surface area (Å²) in [6, 6.07) is 6.29. The molecular formula is C13H21N3O2S. The predicted octanol–water partition coefficient (Wildman–Crippen LogP) is 1.03. The molecular weight excluding hydrogens is 262 g/mol. The molecule has 0 radical (unpaired) electrons. The highest BCUT2D eigenvalue weighted by Crippen LogP contribution is 2.15. The van der Waals surface area contributed by atoms with Crippen molar-refractivity contribution in [2.45, 2.75) is 30.7 Å². The number of nitrogens with one attached hydrogen (secondary N) is 1. The van der Waals surface area contributed by atoms with Crippen LogP contribution in [-0.2, 0) is 10.0 Å². The van der Waals surface area contributed by atoms with Crippen LogP contribution in [0.4, 0.5) is 5.69 Å². The summed E-state index contributed by atoms with van der Waals surface area (Å²) in [7, 11) is -3.44. The van der Waals surface area contributed by atoms with Gasteiger partial charge in [-0.25, -0.2) is 13.1 Å². The summed E-state index contributed by atoms with van der Waals surface area (Å²) in [5.74, 6) is 0. The largest absolute Gasteiger partial charge is 0.399 e. The van der Waals surface area contributed by atoms with Crippen LogP contribution < -0.4 is 10.5 Å². The minimum atomic E-state index is -3.44. The Morgan fingerprint density at radius 3 is 2.68 bits per heavy atom. The molecule has 1 atom stereocenters. The molecule has 0 amide bonds. The maximum Gasteiger partial charge on any atom is 0.240 e. The van der Waals surface area contributed by atoms with Gasteiger partial charge in [0, 0.05) is 18.3 Å². The molecule has 0 bridgehead atoms. The third-order valence-corrected chi connectivity index (χ3v) is 5.00. The van der Waals surface area contributed by atoms with Gasteiger partial charge in [-0.2, -0.15) is 0 Å². The van der Waals surface area contributed by atoms with E-state index in [2.05, 4.69) is 16.5 Å². The van der Waals surface area contributed by atoms with Crippen LogP contribution in [0.2, 0.25) is 0 Å². The van der Waals surface area contributed by atoms with Crippen molar-refractivity contribution >= 4 is 15.7 Å². The average Bonchev–Trinajstić information content (AvgIpc) is 2.39. The van der Waals surface area contributed by atoms with E-state index in [1.807, 2.05) is 0 Å². The van der Waals surface area contributed by atoms with Gasteiger partial charge >= 0.3 is 0 Å². The summed E-state index contributed by atoms with van der Waals surface area (Å²) >= 11 is 0. The van der Waals surface area contributed by atoms with Crippen molar-refractivity contribution in [2.24, 2.45) is 0 Å². The summed E-state index contributed by atoms with van der Waals surface area (Å²) in [6.07, 6.45) is 1.92. The van der Waals surface area contributed by atoms with E-state index in [0.717, 1.165) is 32.5 Å². The molecule has 0 spiro atoms. The highest BCUT2D eigenvalue weighted by atomic mass is 32.2. The molecule has 19 heavy (non-hydrogen) atoms. The third kappa shape index (κ3) is 3.68. The standard InChI is InChI=1S/C13H21N3O2S/c1-2-16-9-3-4-12(10-16)15-19(17,18)13-7-5-11(14)6-8-13/h5-8,12,15H,2-4,9-10,14H2,1H3. The number of nitrogens with zero attached hydrogens (tertiary/aromatic N) is 1. The maximum absolute atomic E-state index is 12.2. The first-order valence-corrected chi connectivity index (χ1v) is 8.10. The number of rotatable bonds is 4. The van der Waals surface area contributed by atoms with E-state index < -0.39 is 10.0 Å². The number of likely N-dealkylation sites (N-methyl/N-ethyl adjacent to an activating group) is 1. The van der Waals surface area contributed by atoms with Crippen molar-refractivity contribution in [1.29, 1.82) is 0 Å². The van der Waals surface area contributed by atoms with E-state index in [1.165, 1.54) is 12.1 Å². The van der Waals surface area contributed by atoms with Crippen LogP contribution in [0.15, 0.2) is 29.2 Å². The van der Waals surface area contributed by atoms with Crippen molar-refractivity contribution in [2.75, 3.05) is 25.4 Å². The summed E-state index contributed by atoms with van der Waals surface area (Å²) in [4.78, 5) is 2.54. The van der Waals surface area contributed by atoms with Gasteiger partial charge in [0.2, 0.25) is 10.0 Å². The van der Waals surface area contributed by atoms with Gasteiger partial charge in [0.1, 0.15) is 0 Å². The number of hydrogen-bond acceptors (Lipinski definition) is 4. The summed E-state index contributed by atoms with van der Waals surface area (Å²) in [5.41, 5.74) is 6.13. The molecule has 3 N–H and O–H groups in total. The highest BCUT2D eigenvalue weighted by molar-refractivity contribution is 7.89. The van der Waals surface area contributed by atoms with Crippen LogP contribution in [0.25, 0.3) is 0 Å². The Morgan fingerprint density at radius 2 is 2.05 bits per heavy atom. The van der Waals surface area contributed by atoms with Gasteiger partial charge in [-0.05, 0) is 50.2 Å². The van der Waals surface area contributed by atoms with E-state index in [-0.39, 0.29) is 10.9 Å². The minimum Gasteiger partial charge on any atom is -0.399 e. The molecule has 1 fully saturated rings. The fourth-order valence-corrected chi connectivity index (χ4v) is 3.64. The number of likely N-dealkylation sites (tertiary alicyclic amines) is 1. The van der Waals surface area contributed by atoms with E-state index >= 15 is 0 Å². The van der Waals surface area contributed by atoms with E-state index in [4.69, 9.17) is 5.73 Å². The zero-order chi connectivity index (χ0) is 13.9. The molecule has 106 valence electrons. The lowest BCUT2D eigenvalue weighted by molar-refractivity contribution is 0.211. The minimum absolute atomic E-state index is 0.00347. The van der Waals surface area contributed by atoms with Gasteiger partial charge in [-0.15, -0.1) is 0 Å². The molecule has 2 rings (SSSR count). The van der Waals surface area contributed by atoms with E-state index in [9.17, 15) is 8.42 Å². The van der Waals surface area contributed by atoms with Crippen molar-refractivity contribution in [1.82, 2.24) is 9.62 Å². The Balaban J connectivity index is 2.06. The first-order valence-electron chi connectivity index (χ1n) is 6.61. The van der Waals surface area contributed by atoms with Gasteiger partial charge in [0.25, 0.3) is 0 Å². The number of sulfonamides is 1. The van der Waals surface area contributed by atoms with E-state index in [1.54, 1.807) is 12.1 Å². The van der Waals surface area contributed by atoms with Crippen LogP contribution in [0.5, 0.6) is 0 Å². The maximum atomic E-state index is 12.2. The molecule has 0 aliphatic carbocycles. The molecule has 1 aromatic carbocycles. The molecule has 1 aliphatic rings. The fourth-order valence-electron chi connectivity index (χ4n) is 2.37. The lowest BCUT2D eigenvalue weighted by Gasteiger charge is -2.32. The normalized spacial score (nSPS) is 21.4. The van der Waals surface area contributed by atoms with Crippen LogP contribution in [0.3, 0.4) is 0 Å². The monoisotopic (exact) mass is 283 g/mol. The van der Waals surface area contributed by atoms with Crippen molar-refractivity contribution in [3.05, 3.63) is 24.3 Å². The molecule has 0 aromatic heterocycles. The van der Waals surface area contributed by atoms with Crippen LogP contribution in [0, 0.1) is 0 Å². The molecule has 1 aromatic rings. The number of piperidine rings is 1. The Kier molecular flexibility index (Phi) is 4.44. The lowest BCUT2D eigenvalue weighted by atomic mass is 10.1. The molecule has 5 nitrogen and oxygen atoms in total. The van der Waals surface area contributed by atoms with Crippen LogP contribution in [-0.4, -0.2) is 39.0 Å². The molecule has 6 heteroatoms. The second-order valence-corrected chi connectivity index (χ2v) is 6.64. The van der Waals surface area contributed by atoms with E-state index in [0.29, 0.717) is 5.69 Å². The molecule has 1 saturated heterocycles. The number of hydrogen-bond donors (Lipinski definition) is 2. The van der Waals surface area contributed by atoms with Gasteiger partial charge in [-0.3, -0.25) is 0 Å². The van der Waals surface area contributed by atoms with Gasteiger partial charge in [0.05, 0.1) is 4.90 Å². The molecule has 1 heterocycles. The van der Waals surface area contributed by atoms with Crippen molar-refractivity contribution in [3.8, 4) is 0 Å². The topological polar surface area (TPSA) is 75.4 Å². The lowest BCUT2D eigenvalue weighted by Crippen LogP contribution is -2.47. The number of nitrogens with two attached hydrogens (primary N) is 1. The Hall–Kier alpha value is -1.11. The predicted molar refractivity (Wildman–Crippen MR) is 76.3 cm³/mol. The zero-order valence-electron chi connectivity index (χ0n) is 11.2. The molecule has 1 aliphatic heterocycles. The molecule has 0 saturated carbocycles. The number of nitrogen functional groups attached to an aromatic ring is 1. The van der Waals surface area contributed by atoms with Crippen LogP contribution >= 0.6 is 0 Å². The summed E-state index contributed by atoms with van der Waals surface area (Å²) < 4.78 is 27.3. The summed E-state index contributed by atoms with van der Waals surface area (Å²) in [5, 5.41) is 0. The first kappa shape index (κ1) is 14.3. The quantitative estimate of drug-likeness (QED) is 0.809. The van der Waals surface area contributed by atoms with Gasteiger partial charge < -0.3 is 10.6 Å². The summed E-state index contributed by atoms with van der Waals surface area (Å²) in [6.45, 7) is 4.89. The third-order valence-electron chi connectivity index (χ3n) is 3.46. The second kappa shape index (κ2) is 5.90.